The van der Waals surface area contributed by atoms with Gasteiger partial charge in [-0.3, -0.25) is 18.8 Å². The Kier molecular flexibility index (Phi) is 4.32. The van der Waals surface area contributed by atoms with E-state index in [0.717, 1.165) is 0 Å². The van der Waals surface area contributed by atoms with Gasteiger partial charge in [-0.15, -0.1) is 0 Å². The minimum Gasteiger partial charge on any atom is -0.481 e. The summed E-state index contributed by atoms with van der Waals surface area (Å²) < 4.78 is 1.29. The van der Waals surface area contributed by atoms with E-state index in [1.807, 2.05) is 0 Å². The Labute approximate surface area is 120 Å². The van der Waals surface area contributed by atoms with Gasteiger partial charge in [-0.05, 0) is 19.1 Å². The number of amides is 1. The van der Waals surface area contributed by atoms with Crippen molar-refractivity contribution in [1.82, 2.24) is 14.3 Å². The Bertz CT molecular complexity index is 738. The van der Waals surface area contributed by atoms with Crippen molar-refractivity contribution in [3.63, 3.8) is 0 Å². The SMILES string of the molecule is CCN(CCC(=O)O)C(=O)c1cnc2ccccn2c1=O. The van der Waals surface area contributed by atoms with E-state index < -0.39 is 17.4 Å². The number of carboxylic acids is 1. The first kappa shape index (κ1) is 14.7. The fraction of sp³-hybridized carbons (Fsp3) is 0.286. The van der Waals surface area contributed by atoms with E-state index in [1.54, 1.807) is 25.1 Å². The number of nitrogens with zero attached hydrogens (tertiary/aromatic N) is 3. The molecule has 0 aromatic carbocycles. The molecule has 2 heterocycles. The van der Waals surface area contributed by atoms with Crippen LogP contribution in [0.4, 0.5) is 0 Å². The molecule has 7 heteroatoms. The number of carbonyl (C=O) groups excluding carboxylic acids is 1. The fourth-order valence-corrected chi connectivity index (χ4v) is 1.98. The summed E-state index contributed by atoms with van der Waals surface area (Å²) in [6.45, 7) is 2.11. The van der Waals surface area contributed by atoms with Crippen LogP contribution in [0.15, 0.2) is 35.4 Å². The van der Waals surface area contributed by atoms with Crippen molar-refractivity contribution in [1.29, 1.82) is 0 Å². The van der Waals surface area contributed by atoms with Crippen LogP contribution in [0.25, 0.3) is 5.65 Å². The number of fused-ring (bicyclic) bond motifs is 1. The summed E-state index contributed by atoms with van der Waals surface area (Å²) in [5.74, 6) is -1.50. The zero-order valence-electron chi connectivity index (χ0n) is 11.5. The summed E-state index contributed by atoms with van der Waals surface area (Å²) in [6.07, 6.45) is 2.61. The van der Waals surface area contributed by atoms with Crippen LogP contribution >= 0.6 is 0 Å². The molecule has 2 rings (SSSR count). The zero-order chi connectivity index (χ0) is 15.4. The Morgan fingerprint density at radius 2 is 2.14 bits per heavy atom. The summed E-state index contributed by atoms with van der Waals surface area (Å²) in [5, 5.41) is 8.69. The Hall–Kier alpha value is -2.70. The number of carboxylic acid groups (broad SMARTS) is 1. The molecule has 21 heavy (non-hydrogen) atoms. The molecular formula is C14H15N3O4. The second-order valence-corrected chi connectivity index (χ2v) is 4.43. The van der Waals surface area contributed by atoms with E-state index in [0.29, 0.717) is 12.2 Å². The lowest BCUT2D eigenvalue weighted by atomic mass is 10.2. The third-order valence-corrected chi connectivity index (χ3v) is 3.11. The first-order valence-electron chi connectivity index (χ1n) is 6.52. The molecule has 7 nitrogen and oxygen atoms in total. The highest BCUT2D eigenvalue weighted by molar-refractivity contribution is 5.94. The molecule has 110 valence electrons. The highest BCUT2D eigenvalue weighted by atomic mass is 16.4. The first-order valence-corrected chi connectivity index (χ1v) is 6.52. The molecule has 0 aliphatic rings. The summed E-state index contributed by atoms with van der Waals surface area (Å²) in [5.41, 5.74) is -0.0713. The lowest BCUT2D eigenvalue weighted by Gasteiger charge is -2.19. The summed E-state index contributed by atoms with van der Waals surface area (Å²) in [7, 11) is 0. The van der Waals surface area contributed by atoms with Crippen LogP contribution in [0, 0.1) is 0 Å². The summed E-state index contributed by atoms with van der Waals surface area (Å²) >= 11 is 0. The summed E-state index contributed by atoms with van der Waals surface area (Å²) in [4.78, 5) is 40.6. The molecule has 0 saturated carbocycles. The highest BCUT2D eigenvalue weighted by Crippen LogP contribution is 2.03. The van der Waals surface area contributed by atoms with Gasteiger partial charge in [-0.1, -0.05) is 6.07 Å². The van der Waals surface area contributed by atoms with Crippen LogP contribution < -0.4 is 5.56 Å². The van der Waals surface area contributed by atoms with Crippen LogP contribution in [0.3, 0.4) is 0 Å². The average molecular weight is 289 g/mol. The van der Waals surface area contributed by atoms with Crippen molar-refractivity contribution in [2.24, 2.45) is 0 Å². The van der Waals surface area contributed by atoms with E-state index in [4.69, 9.17) is 5.11 Å². The van der Waals surface area contributed by atoms with Crippen LogP contribution in [0.5, 0.6) is 0 Å². The molecule has 0 aliphatic carbocycles. The lowest BCUT2D eigenvalue weighted by Crippen LogP contribution is -2.37. The average Bonchev–Trinajstić information content (AvgIpc) is 2.48. The Balaban J connectivity index is 2.36. The number of hydrogen-bond donors (Lipinski definition) is 1. The number of pyridine rings is 1. The van der Waals surface area contributed by atoms with Crippen molar-refractivity contribution in [2.75, 3.05) is 13.1 Å². The molecule has 0 radical (unpaired) electrons. The predicted octanol–water partition coefficient (Wildman–Crippen LogP) is 0.631. The molecule has 0 aliphatic heterocycles. The van der Waals surface area contributed by atoms with Crippen LogP contribution in [0.1, 0.15) is 23.7 Å². The number of carbonyl (C=O) groups is 2. The molecule has 2 aromatic heterocycles. The van der Waals surface area contributed by atoms with Gasteiger partial charge in [0.25, 0.3) is 11.5 Å². The maximum atomic E-state index is 12.3. The van der Waals surface area contributed by atoms with E-state index in [2.05, 4.69) is 4.98 Å². The molecule has 2 aromatic rings. The highest BCUT2D eigenvalue weighted by Gasteiger charge is 2.19. The molecule has 0 spiro atoms. The predicted molar refractivity (Wildman–Crippen MR) is 75.3 cm³/mol. The third-order valence-electron chi connectivity index (χ3n) is 3.11. The minimum absolute atomic E-state index is 0.0571. The largest absolute Gasteiger partial charge is 0.481 e. The van der Waals surface area contributed by atoms with Crippen molar-refractivity contribution in [2.45, 2.75) is 13.3 Å². The normalized spacial score (nSPS) is 10.5. The van der Waals surface area contributed by atoms with Gasteiger partial charge in [0.2, 0.25) is 0 Å². The standard InChI is InChI=1S/C14H15N3O4/c1-2-16(8-6-12(18)19)13(20)10-9-15-11-5-3-4-7-17(11)14(10)21/h3-5,7,9H,2,6,8H2,1H3,(H,18,19). The Morgan fingerprint density at radius 1 is 1.38 bits per heavy atom. The minimum atomic E-state index is -0.991. The Morgan fingerprint density at radius 3 is 2.81 bits per heavy atom. The van der Waals surface area contributed by atoms with Crippen molar-refractivity contribution >= 4 is 17.5 Å². The number of hydrogen-bond acceptors (Lipinski definition) is 4. The van der Waals surface area contributed by atoms with E-state index in [1.165, 1.54) is 21.7 Å². The second-order valence-electron chi connectivity index (χ2n) is 4.43. The zero-order valence-corrected chi connectivity index (χ0v) is 11.5. The van der Waals surface area contributed by atoms with Crippen LogP contribution in [-0.2, 0) is 4.79 Å². The lowest BCUT2D eigenvalue weighted by molar-refractivity contribution is -0.137. The molecular weight excluding hydrogens is 274 g/mol. The smallest absolute Gasteiger partial charge is 0.305 e. The maximum absolute atomic E-state index is 12.3. The molecule has 0 unspecified atom stereocenters. The van der Waals surface area contributed by atoms with Gasteiger partial charge in [0.1, 0.15) is 11.2 Å². The van der Waals surface area contributed by atoms with Gasteiger partial charge in [0, 0.05) is 25.5 Å². The van der Waals surface area contributed by atoms with E-state index >= 15 is 0 Å². The molecule has 0 atom stereocenters. The van der Waals surface area contributed by atoms with Gasteiger partial charge in [-0.25, -0.2) is 4.98 Å². The van der Waals surface area contributed by atoms with Gasteiger partial charge in [0.15, 0.2) is 0 Å². The van der Waals surface area contributed by atoms with Gasteiger partial charge in [0.05, 0.1) is 6.42 Å². The van der Waals surface area contributed by atoms with Crippen molar-refractivity contribution in [3.05, 3.63) is 46.5 Å². The molecule has 0 fully saturated rings. The number of aromatic nitrogens is 2. The monoisotopic (exact) mass is 289 g/mol. The third kappa shape index (κ3) is 3.07. The van der Waals surface area contributed by atoms with Crippen molar-refractivity contribution < 1.29 is 14.7 Å². The fourth-order valence-electron chi connectivity index (χ4n) is 1.98. The van der Waals surface area contributed by atoms with Crippen LogP contribution in [-0.4, -0.2) is 44.4 Å². The van der Waals surface area contributed by atoms with Crippen LogP contribution in [0.2, 0.25) is 0 Å². The van der Waals surface area contributed by atoms with Gasteiger partial charge >= 0.3 is 5.97 Å². The number of aliphatic carboxylic acids is 1. The maximum Gasteiger partial charge on any atom is 0.305 e. The molecule has 0 bridgehead atoms. The molecule has 1 amide bonds. The van der Waals surface area contributed by atoms with Crippen molar-refractivity contribution in [3.8, 4) is 0 Å². The molecule has 0 saturated heterocycles. The first-order chi connectivity index (χ1) is 10.0. The second kappa shape index (κ2) is 6.17. The number of rotatable bonds is 5. The quantitative estimate of drug-likeness (QED) is 0.871. The van der Waals surface area contributed by atoms with Gasteiger partial charge < -0.3 is 10.0 Å². The topological polar surface area (TPSA) is 92.0 Å². The van der Waals surface area contributed by atoms with E-state index in [9.17, 15) is 14.4 Å². The summed E-state index contributed by atoms with van der Waals surface area (Å²) in [6, 6.07) is 5.08. The van der Waals surface area contributed by atoms with Gasteiger partial charge in [-0.2, -0.15) is 0 Å². The van der Waals surface area contributed by atoms with E-state index in [-0.39, 0.29) is 18.5 Å². The molecule has 1 N–H and O–H groups in total.